The molecule has 316 valence electrons. The first-order valence-corrected chi connectivity index (χ1v) is 23.2. The Labute approximate surface area is 336 Å². The van der Waals surface area contributed by atoms with E-state index >= 15 is 8.78 Å². The van der Waals surface area contributed by atoms with E-state index in [1.807, 2.05) is 12.1 Å². The minimum atomic E-state index is -1.20. The second-order valence-electron chi connectivity index (χ2n) is 15.9. The Morgan fingerprint density at radius 3 is 0.982 bits per heavy atom. The van der Waals surface area contributed by atoms with Gasteiger partial charge in [0.2, 0.25) is 0 Å². The van der Waals surface area contributed by atoms with Gasteiger partial charge in [-0.15, -0.1) is 0 Å². The summed E-state index contributed by atoms with van der Waals surface area (Å²) in [5.74, 6) is -0.194. The minimum Gasteiger partial charge on any atom is -0.493 e. The van der Waals surface area contributed by atoms with Gasteiger partial charge in [0.25, 0.3) is 0 Å². The molecule has 0 radical (unpaired) electrons. The number of benzene rings is 2. The van der Waals surface area contributed by atoms with Crippen molar-refractivity contribution in [2.24, 2.45) is 0 Å². The third-order valence-electron chi connectivity index (χ3n) is 10.9. The number of hydrogen-bond donors (Lipinski definition) is 0. The maximum absolute atomic E-state index is 15.0. The zero-order valence-corrected chi connectivity index (χ0v) is 35.7. The molecular weight excluding hydrogens is 694 g/mol. The summed E-state index contributed by atoms with van der Waals surface area (Å²) in [5.41, 5.74) is 0.221. The molecule has 0 fully saturated rings. The monoisotopic (exact) mass is 775 g/mol. The van der Waals surface area contributed by atoms with Crippen LogP contribution in [0.15, 0.2) is 24.3 Å². The summed E-state index contributed by atoms with van der Waals surface area (Å²) < 4.78 is 62.7. The van der Waals surface area contributed by atoms with Crippen LogP contribution in [0.5, 0.6) is 17.2 Å². The lowest BCUT2D eigenvalue weighted by Gasteiger charge is -2.20. The smallest absolute Gasteiger partial charge is 0.134 e. The van der Waals surface area contributed by atoms with E-state index in [1.165, 1.54) is 166 Å². The largest absolute Gasteiger partial charge is 0.493 e. The van der Waals surface area contributed by atoms with Crippen LogP contribution in [0.1, 0.15) is 219 Å². The highest BCUT2D eigenvalue weighted by molar-refractivity contribution is 5.78. The molecule has 2 rings (SSSR count). The summed E-state index contributed by atoms with van der Waals surface area (Å²) in [5, 5.41) is 0. The van der Waals surface area contributed by atoms with Crippen LogP contribution in [0.25, 0.3) is 11.1 Å². The molecule has 0 amide bonds. The van der Waals surface area contributed by atoms with E-state index in [2.05, 4.69) is 20.8 Å². The van der Waals surface area contributed by atoms with Crippen LogP contribution >= 0.6 is 0 Å². The molecule has 0 aromatic heterocycles. The first kappa shape index (κ1) is 48.8. The number of unbranched alkanes of at least 4 members (excludes halogenated alkanes) is 27. The van der Waals surface area contributed by atoms with Gasteiger partial charge in [-0.1, -0.05) is 194 Å². The normalized spacial score (nSPS) is 11.4. The first-order chi connectivity index (χ1) is 27.0. The third-order valence-corrected chi connectivity index (χ3v) is 10.9. The summed E-state index contributed by atoms with van der Waals surface area (Å²) in [6.45, 7) is 7.10. The van der Waals surface area contributed by atoms with Crippen LogP contribution in [0.3, 0.4) is 0 Å². The van der Waals surface area contributed by atoms with Crippen molar-refractivity contribution in [1.82, 2.24) is 0 Å². The fourth-order valence-corrected chi connectivity index (χ4v) is 7.36. The van der Waals surface area contributed by atoms with Crippen molar-refractivity contribution in [3.63, 3.8) is 0 Å². The van der Waals surface area contributed by atoms with Gasteiger partial charge in [0.05, 0.1) is 30.9 Å². The van der Waals surface area contributed by atoms with Crippen LogP contribution in [-0.2, 0) is 6.67 Å². The highest BCUT2D eigenvalue weighted by Gasteiger charge is 2.21. The molecule has 0 bridgehead atoms. The van der Waals surface area contributed by atoms with Gasteiger partial charge in [-0.3, -0.25) is 0 Å². The molecule has 0 spiro atoms. The van der Waals surface area contributed by atoms with Crippen LogP contribution in [0, 0.1) is 11.6 Å². The Bertz CT molecular complexity index is 1130. The Morgan fingerprint density at radius 2 is 0.673 bits per heavy atom. The number of hydrogen-bond acceptors (Lipinski definition) is 3. The summed E-state index contributed by atoms with van der Waals surface area (Å²) in [4.78, 5) is 0. The molecule has 0 unspecified atom stereocenters. The highest BCUT2D eigenvalue weighted by atomic mass is 19.1. The first-order valence-electron chi connectivity index (χ1n) is 23.2. The molecular formula is C49H81F3O3. The third kappa shape index (κ3) is 22.8. The molecule has 2 aromatic rings. The maximum Gasteiger partial charge on any atom is 0.134 e. The molecule has 3 nitrogen and oxygen atoms in total. The van der Waals surface area contributed by atoms with E-state index < -0.39 is 23.9 Å². The molecule has 0 N–H and O–H groups in total. The molecule has 0 aliphatic carbocycles. The standard InChI is InChI=1S/C49H81F3O3/c1-4-7-10-13-16-19-22-25-28-31-34-53-43-39-47(54-35-32-29-26-23-20-17-14-11-8-5-2)49(42-37-45(51)44(41-50)46(52)38-42)48(40-43)55-36-33-30-27-24-21-18-15-12-9-6-3/h37-40H,4-36,41H2,1-3H3. The minimum absolute atomic E-state index is 0.282. The predicted molar refractivity (Wildman–Crippen MR) is 229 cm³/mol. The molecule has 0 aliphatic heterocycles. The van der Waals surface area contributed by atoms with Crippen LogP contribution in [0.4, 0.5) is 13.2 Å². The predicted octanol–water partition coefficient (Wildman–Crippen LogP) is 17.0. The lowest BCUT2D eigenvalue weighted by Crippen LogP contribution is -2.06. The van der Waals surface area contributed by atoms with Gasteiger partial charge >= 0.3 is 0 Å². The fraction of sp³-hybridized carbons (Fsp3) is 0.755. The van der Waals surface area contributed by atoms with Gasteiger partial charge in [0.15, 0.2) is 0 Å². The quantitative estimate of drug-likeness (QED) is 0.0636. The average molecular weight is 775 g/mol. The maximum atomic E-state index is 15.0. The molecule has 0 atom stereocenters. The van der Waals surface area contributed by atoms with Gasteiger partial charge in [-0.05, 0) is 37.0 Å². The van der Waals surface area contributed by atoms with E-state index in [4.69, 9.17) is 14.2 Å². The second-order valence-corrected chi connectivity index (χ2v) is 15.9. The zero-order valence-electron chi connectivity index (χ0n) is 35.7. The Morgan fingerprint density at radius 1 is 0.382 bits per heavy atom. The zero-order chi connectivity index (χ0) is 39.6. The average Bonchev–Trinajstić information content (AvgIpc) is 3.18. The van der Waals surface area contributed by atoms with Crippen molar-refractivity contribution in [1.29, 1.82) is 0 Å². The van der Waals surface area contributed by atoms with E-state index in [-0.39, 0.29) is 5.56 Å². The topological polar surface area (TPSA) is 27.7 Å². The Hall–Kier alpha value is -2.37. The second kappa shape index (κ2) is 33.7. The Balaban J connectivity index is 2.10. The van der Waals surface area contributed by atoms with Crippen LogP contribution < -0.4 is 14.2 Å². The number of rotatable bonds is 38. The summed E-state index contributed by atoms with van der Waals surface area (Å²) in [7, 11) is 0. The van der Waals surface area contributed by atoms with Gasteiger partial charge < -0.3 is 14.2 Å². The molecule has 0 aliphatic rings. The van der Waals surface area contributed by atoms with Crippen molar-refractivity contribution in [2.75, 3.05) is 19.8 Å². The summed E-state index contributed by atoms with van der Waals surface area (Å²) in [6, 6.07) is 6.10. The van der Waals surface area contributed by atoms with E-state index in [9.17, 15) is 4.39 Å². The van der Waals surface area contributed by atoms with Crippen molar-refractivity contribution in [3.8, 4) is 28.4 Å². The Kier molecular flexibility index (Phi) is 29.9. The van der Waals surface area contributed by atoms with Crippen molar-refractivity contribution >= 4 is 0 Å². The molecule has 0 saturated carbocycles. The number of halogens is 3. The molecule has 6 heteroatoms. The van der Waals surface area contributed by atoms with E-state index in [0.29, 0.717) is 42.6 Å². The van der Waals surface area contributed by atoms with Crippen LogP contribution in [-0.4, -0.2) is 19.8 Å². The molecule has 0 heterocycles. The molecule has 55 heavy (non-hydrogen) atoms. The SMILES string of the molecule is CCCCCCCCCCCCOc1cc(OCCCCCCCCCCCC)c(-c2cc(F)c(CF)c(F)c2)c(OCCCCCCCCCCCC)c1. The lowest BCUT2D eigenvalue weighted by molar-refractivity contribution is 0.277. The van der Waals surface area contributed by atoms with Crippen LogP contribution in [0.2, 0.25) is 0 Å². The molecule has 0 saturated heterocycles. The lowest BCUT2D eigenvalue weighted by atomic mass is 10.0. The van der Waals surface area contributed by atoms with Crippen molar-refractivity contribution < 1.29 is 27.4 Å². The van der Waals surface area contributed by atoms with Crippen molar-refractivity contribution in [3.05, 3.63) is 41.5 Å². The number of ether oxygens (including phenoxy) is 3. The fourth-order valence-electron chi connectivity index (χ4n) is 7.36. The summed E-state index contributed by atoms with van der Waals surface area (Å²) in [6.07, 6.45) is 36.9. The van der Waals surface area contributed by atoms with E-state index in [0.717, 1.165) is 38.5 Å². The van der Waals surface area contributed by atoms with Gasteiger partial charge in [-0.25, -0.2) is 13.2 Å². The number of alkyl halides is 1. The van der Waals surface area contributed by atoms with Gasteiger partial charge in [-0.2, -0.15) is 0 Å². The highest BCUT2D eigenvalue weighted by Crippen LogP contribution is 2.43. The van der Waals surface area contributed by atoms with Gasteiger partial charge in [0, 0.05) is 12.1 Å². The van der Waals surface area contributed by atoms with Crippen molar-refractivity contribution in [2.45, 2.75) is 220 Å². The summed E-state index contributed by atoms with van der Waals surface area (Å²) >= 11 is 0. The van der Waals surface area contributed by atoms with E-state index in [1.54, 1.807) is 0 Å². The van der Waals surface area contributed by atoms with Gasteiger partial charge in [0.1, 0.15) is 35.6 Å². The molecule has 2 aromatic carbocycles.